The minimum Gasteiger partial charge on any atom is -0.478 e. The number of nitriles is 1. The Morgan fingerprint density at radius 1 is 1.07 bits per heavy atom. The van der Waals surface area contributed by atoms with Gasteiger partial charge in [0.25, 0.3) is 0 Å². The number of aromatic nitrogens is 3. The van der Waals surface area contributed by atoms with Gasteiger partial charge in [-0.1, -0.05) is 36.1 Å². The molecule has 0 atom stereocenters. The summed E-state index contributed by atoms with van der Waals surface area (Å²) in [6, 6.07) is 22.6. The summed E-state index contributed by atoms with van der Waals surface area (Å²) in [5.74, 6) is 6.81. The number of carboxylic acid groups (broad SMARTS) is 1. The fourth-order valence-electron chi connectivity index (χ4n) is 5.00. The standard InChI is InChI=1S/C36H29FN4O4/c1-44-16-15-41-33-19-28(36(42)43)13-14-32(33)39-34(41)20-26-11-12-27(18-25(26)9-7-23-5-6-23)31-3-2-4-35(40-31)45-22-29-10-8-24(21-38)17-30(29)37/h2-4,8,10-14,17-19,23H,5-6,15-16,20,22H2,1H3,(H,42,43). The average Bonchev–Trinajstić information content (AvgIpc) is 3.82. The Bertz CT molecular complexity index is 2010. The van der Waals surface area contributed by atoms with Gasteiger partial charge in [-0.25, -0.2) is 19.2 Å². The van der Waals surface area contributed by atoms with Gasteiger partial charge in [-0.15, -0.1) is 0 Å². The highest BCUT2D eigenvalue weighted by atomic mass is 19.1. The summed E-state index contributed by atoms with van der Waals surface area (Å²) in [5, 5.41) is 18.5. The molecule has 2 aromatic heterocycles. The number of hydrogen-bond acceptors (Lipinski definition) is 6. The van der Waals surface area contributed by atoms with Crippen LogP contribution in [0.5, 0.6) is 5.88 Å². The van der Waals surface area contributed by atoms with E-state index in [0.29, 0.717) is 42.6 Å². The quantitative estimate of drug-likeness (QED) is 0.185. The first-order valence-electron chi connectivity index (χ1n) is 14.6. The second-order valence-electron chi connectivity index (χ2n) is 10.8. The van der Waals surface area contributed by atoms with Gasteiger partial charge in [-0.3, -0.25) is 0 Å². The van der Waals surface area contributed by atoms with Crippen molar-refractivity contribution < 1.29 is 23.8 Å². The number of rotatable bonds is 10. The van der Waals surface area contributed by atoms with Crippen molar-refractivity contribution in [3.05, 3.63) is 112 Å². The number of nitrogens with zero attached hydrogens (tertiary/aromatic N) is 4. The minimum absolute atomic E-state index is 0.0247. The van der Waals surface area contributed by atoms with Gasteiger partial charge in [0.15, 0.2) is 0 Å². The van der Waals surface area contributed by atoms with Crippen molar-refractivity contribution >= 4 is 17.0 Å². The molecule has 0 aliphatic heterocycles. The lowest BCUT2D eigenvalue weighted by molar-refractivity contribution is 0.0697. The molecule has 0 radical (unpaired) electrons. The van der Waals surface area contributed by atoms with Gasteiger partial charge >= 0.3 is 5.97 Å². The maximum atomic E-state index is 14.4. The molecule has 0 unspecified atom stereocenters. The molecule has 3 aromatic carbocycles. The highest BCUT2D eigenvalue weighted by Gasteiger charge is 2.19. The van der Waals surface area contributed by atoms with Gasteiger partial charge < -0.3 is 19.1 Å². The van der Waals surface area contributed by atoms with Crippen molar-refractivity contribution in [2.75, 3.05) is 13.7 Å². The third-order valence-electron chi connectivity index (χ3n) is 7.62. The van der Waals surface area contributed by atoms with Crippen LogP contribution in [0.1, 0.15) is 51.3 Å². The molecule has 1 fully saturated rings. The van der Waals surface area contributed by atoms with Gasteiger partial charge in [0.1, 0.15) is 18.2 Å². The topological polar surface area (TPSA) is 110 Å². The Labute approximate surface area is 259 Å². The zero-order valence-electron chi connectivity index (χ0n) is 24.6. The predicted octanol–water partition coefficient (Wildman–Crippen LogP) is 6.38. The molecule has 0 bridgehead atoms. The third-order valence-corrected chi connectivity index (χ3v) is 7.62. The number of methoxy groups -OCH3 is 1. The molecule has 6 rings (SSSR count). The SMILES string of the molecule is COCCn1c(Cc2ccc(-c3cccc(OCc4ccc(C#N)cc4F)n3)cc2C#CC2CC2)nc2ccc(C(=O)O)cc21. The van der Waals surface area contributed by atoms with Crippen molar-refractivity contribution in [3.63, 3.8) is 0 Å². The number of pyridine rings is 1. The van der Waals surface area contributed by atoms with E-state index in [1.165, 1.54) is 12.1 Å². The maximum absolute atomic E-state index is 14.4. The Morgan fingerprint density at radius 2 is 1.91 bits per heavy atom. The molecule has 45 heavy (non-hydrogen) atoms. The number of aromatic carboxylic acids is 1. The largest absolute Gasteiger partial charge is 0.478 e. The Kier molecular flexibility index (Phi) is 8.54. The van der Waals surface area contributed by atoms with Crippen LogP contribution in [0, 0.1) is 34.9 Å². The molecule has 1 N–H and O–H groups in total. The zero-order chi connectivity index (χ0) is 31.3. The number of fused-ring (bicyclic) bond motifs is 1. The van der Waals surface area contributed by atoms with Crippen LogP contribution < -0.4 is 4.74 Å². The van der Waals surface area contributed by atoms with E-state index >= 15 is 0 Å². The van der Waals surface area contributed by atoms with E-state index in [9.17, 15) is 14.3 Å². The number of halogens is 1. The summed E-state index contributed by atoms with van der Waals surface area (Å²) < 4.78 is 27.5. The summed E-state index contributed by atoms with van der Waals surface area (Å²) >= 11 is 0. The first kappa shape index (κ1) is 29.6. The predicted molar refractivity (Wildman–Crippen MR) is 166 cm³/mol. The molecule has 9 heteroatoms. The molecular weight excluding hydrogens is 571 g/mol. The molecule has 5 aromatic rings. The molecule has 8 nitrogen and oxygen atoms in total. The van der Waals surface area contributed by atoms with E-state index in [1.54, 1.807) is 37.4 Å². The Morgan fingerprint density at radius 3 is 2.67 bits per heavy atom. The van der Waals surface area contributed by atoms with E-state index in [2.05, 4.69) is 16.8 Å². The van der Waals surface area contributed by atoms with E-state index in [4.69, 9.17) is 19.7 Å². The molecule has 0 amide bonds. The highest BCUT2D eigenvalue weighted by molar-refractivity contribution is 5.92. The van der Waals surface area contributed by atoms with Crippen molar-refractivity contribution in [1.29, 1.82) is 5.26 Å². The highest BCUT2D eigenvalue weighted by Crippen LogP contribution is 2.29. The van der Waals surface area contributed by atoms with Crippen LogP contribution in [0.15, 0.2) is 72.8 Å². The summed E-state index contributed by atoms with van der Waals surface area (Å²) in [6.07, 6.45) is 2.69. The second-order valence-corrected chi connectivity index (χ2v) is 10.8. The number of carbonyl (C=O) groups is 1. The number of benzene rings is 3. The minimum atomic E-state index is -0.990. The summed E-state index contributed by atoms with van der Waals surface area (Å²) in [7, 11) is 1.63. The van der Waals surface area contributed by atoms with E-state index in [0.717, 1.165) is 46.4 Å². The van der Waals surface area contributed by atoms with Gasteiger partial charge in [0, 0.05) is 48.8 Å². The molecule has 0 spiro atoms. The molecule has 1 aliphatic rings. The lowest BCUT2D eigenvalue weighted by Crippen LogP contribution is -2.10. The first-order chi connectivity index (χ1) is 21.9. The van der Waals surface area contributed by atoms with Gasteiger partial charge in [-0.2, -0.15) is 5.26 Å². The molecule has 224 valence electrons. The van der Waals surface area contributed by atoms with Crippen LogP contribution in [0.4, 0.5) is 4.39 Å². The van der Waals surface area contributed by atoms with E-state index < -0.39 is 11.8 Å². The van der Waals surface area contributed by atoms with Crippen LogP contribution in [0.2, 0.25) is 0 Å². The summed E-state index contributed by atoms with van der Waals surface area (Å²) in [6.45, 7) is 0.948. The van der Waals surface area contributed by atoms with Crippen LogP contribution in [0.25, 0.3) is 22.3 Å². The van der Waals surface area contributed by atoms with Gasteiger partial charge in [0.05, 0.1) is 40.5 Å². The Balaban J connectivity index is 1.30. The van der Waals surface area contributed by atoms with Gasteiger partial charge in [-0.05, 0) is 60.9 Å². The molecule has 2 heterocycles. The van der Waals surface area contributed by atoms with E-state index in [1.807, 2.05) is 41.0 Å². The molecule has 1 aliphatic carbocycles. The molecule has 0 saturated heterocycles. The fraction of sp³-hybridized carbons (Fsp3) is 0.222. The normalized spacial score (nSPS) is 12.4. The second kappa shape index (κ2) is 13.0. The molecular formula is C36H29FN4O4. The van der Waals surface area contributed by atoms with Crippen molar-refractivity contribution in [2.45, 2.75) is 32.4 Å². The average molecular weight is 601 g/mol. The molecule has 1 saturated carbocycles. The van der Waals surface area contributed by atoms with Crippen LogP contribution in [-0.2, 0) is 24.3 Å². The van der Waals surface area contributed by atoms with Crippen molar-refractivity contribution in [3.8, 4) is 35.0 Å². The maximum Gasteiger partial charge on any atom is 0.335 e. The fourth-order valence-corrected chi connectivity index (χ4v) is 5.00. The lowest BCUT2D eigenvalue weighted by Gasteiger charge is -2.12. The lowest BCUT2D eigenvalue weighted by atomic mass is 9.99. The Hall–Kier alpha value is -5.51. The number of imidazole rings is 1. The zero-order valence-corrected chi connectivity index (χ0v) is 24.6. The summed E-state index contributed by atoms with van der Waals surface area (Å²) in [4.78, 5) is 21.2. The van der Waals surface area contributed by atoms with E-state index in [-0.39, 0.29) is 17.7 Å². The summed E-state index contributed by atoms with van der Waals surface area (Å²) in [5.41, 5.74) is 5.64. The van der Waals surface area contributed by atoms with Crippen LogP contribution in [-0.4, -0.2) is 39.3 Å². The smallest absolute Gasteiger partial charge is 0.335 e. The number of hydrogen-bond donors (Lipinski definition) is 1. The number of carboxylic acids is 1. The first-order valence-corrected chi connectivity index (χ1v) is 14.6. The van der Waals surface area contributed by atoms with Crippen molar-refractivity contribution in [2.24, 2.45) is 5.92 Å². The monoisotopic (exact) mass is 600 g/mol. The number of ether oxygens (including phenoxy) is 2. The third kappa shape index (κ3) is 6.85. The van der Waals surface area contributed by atoms with Crippen molar-refractivity contribution in [1.82, 2.24) is 14.5 Å². The van der Waals surface area contributed by atoms with Crippen LogP contribution in [0.3, 0.4) is 0 Å². The van der Waals surface area contributed by atoms with Gasteiger partial charge in [0.2, 0.25) is 5.88 Å². The van der Waals surface area contributed by atoms with Crippen LogP contribution >= 0.6 is 0 Å².